The molecular weight excluding hydrogens is 278 g/mol. The molecule has 1 atom stereocenters. The number of pyridine rings is 1. The first-order valence-corrected chi connectivity index (χ1v) is 6.99. The highest BCUT2D eigenvalue weighted by atomic mass is 32.1. The number of H-pyrrole nitrogens is 1. The van der Waals surface area contributed by atoms with Gasteiger partial charge in [-0.05, 0) is 35.4 Å². The second kappa shape index (κ2) is 5.92. The van der Waals surface area contributed by atoms with Crippen LogP contribution >= 0.6 is 11.3 Å². The molecule has 5 nitrogen and oxygen atoms in total. The van der Waals surface area contributed by atoms with Gasteiger partial charge in [0.05, 0.1) is 19.1 Å². The smallest absolute Gasteiger partial charge is 0.306 e. The first kappa shape index (κ1) is 14.3. The van der Waals surface area contributed by atoms with Gasteiger partial charge in [-0.15, -0.1) is 0 Å². The van der Waals surface area contributed by atoms with E-state index in [2.05, 4.69) is 9.72 Å². The minimum Gasteiger partial charge on any atom is -0.507 e. The Labute approximate surface area is 119 Å². The van der Waals surface area contributed by atoms with E-state index in [1.807, 2.05) is 16.8 Å². The van der Waals surface area contributed by atoms with Gasteiger partial charge in [0.25, 0.3) is 5.56 Å². The summed E-state index contributed by atoms with van der Waals surface area (Å²) in [6, 6.07) is 3.31. The topological polar surface area (TPSA) is 79.4 Å². The van der Waals surface area contributed by atoms with E-state index in [1.54, 1.807) is 6.92 Å². The minimum absolute atomic E-state index is 0.00688. The van der Waals surface area contributed by atoms with Crippen molar-refractivity contribution >= 4 is 17.3 Å². The van der Waals surface area contributed by atoms with Gasteiger partial charge >= 0.3 is 5.97 Å². The molecule has 0 aromatic carbocycles. The van der Waals surface area contributed by atoms with Crippen LogP contribution in [0.15, 0.2) is 27.7 Å². The Morgan fingerprint density at radius 3 is 2.85 bits per heavy atom. The highest BCUT2D eigenvalue weighted by molar-refractivity contribution is 7.08. The summed E-state index contributed by atoms with van der Waals surface area (Å²) in [5.74, 6) is -1.05. The zero-order chi connectivity index (χ0) is 14.7. The van der Waals surface area contributed by atoms with Crippen molar-refractivity contribution in [2.24, 2.45) is 0 Å². The molecule has 2 N–H and O–H groups in total. The third-order valence-electron chi connectivity index (χ3n) is 3.08. The van der Waals surface area contributed by atoms with Crippen molar-refractivity contribution in [2.75, 3.05) is 7.11 Å². The largest absolute Gasteiger partial charge is 0.507 e. The van der Waals surface area contributed by atoms with Crippen molar-refractivity contribution < 1.29 is 14.6 Å². The first-order valence-electron chi connectivity index (χ1n) is 6.04. The number of aromatic hydroxyl groups is 1. The van der Waals surface area contributed by atoms with E-state index in [-0.39, 0.29) is 23.3 Å². The molecule has 20 heavy (non-hydrogen) atoms. The number of carbonyl (C=O) groups excluding carboxylic acids is 1. The van der Waals surface area contributed by atoms with Crippen molar-refractivity contribution in [2.45, 2.75) is 19.3 Å². The summed E-state index contributed by atoms with van der Waals surface area (Å²) in [7, 11) is 1.30. The van der Waals surface area contributed by atoms with Crippen LogP contribution in [0, 0.1) is 6.92 Å². The Morgan fingerprint density at radius 2 is 2.30 bits per heavy atom. The number of hydrogen-bond donors (Lipinski definition) is 2. The van der Waals surface area contributed by atoms with Gasteiger partial charge in [-0.3, -0.25) is 9.59 Å². The molecule has 2 rings (SSSR count). The number of esters is 1. The molecule has 0 bridgehead atoms. The number of carbonyl (C=O) groups is 1. The fourth-order valence-electron chi connectivity index (χ4n) is 2.13. The lowest BCUT2D eigenvalue weighted by atomic mass is 9.90. The standard InChI is InChI=1S/C14H15NO4S/c1-8-5-11(16)13(14(18)15-8)10(6-12(17)19-2)9-3-4-20-7-9/h3-5,7,10H,6H2,1-2H3,(H2,15,16,18). The average molecular weight is 293 g/mol. The van der Waals surface area contributed by atoms with Crippen molar-refractivity contribution in [3.63, 3.8) is 0 Å². The van der Waals surface area contributed by atoms with Gasteiger partial charge in [0.2, 0.25) is 0 Å². The molecule has 0 spiro atoms. The zero-order valence-electron chi connectivity index (χ0n) is 11.2. The monoisotopic (exact) mass is 293 g/mol. The van der Waals surface area contributed by atoms with Gasteiger partial charge in [0, 0.05) is 11.6 Å². The maximum Gasteiger partial charge on any atom is 0.306 e. The number of aromatic amines is 1. The van der Waals surface area contributed by atoms with Crippen LogP contribution in [-0.2, 0) is 9.53 Å². The molecule has 0 amide bonds. The van der Waals surface area contributed by atoms with Crippen LogP contribution in [0.1, 0.15) is 29.2 Å². The summed E-state index contributed by atoms with van der Waals surface area (Å²) in [5.41, 5.74) is 1.19. The van der Waals surface area contributed by atoms with E-state index in [0.717, 1.165) is 5.56 Å². The summed E-state index contributed by atoms with van der Waals surface area (Å²) >= 11 is 1.47. The van der Waals surface area contributed by atoms with Gasteiger partial charge in [-0.2, -0.15) is 11.3 Å². The van der Waals surface area contributed by atoms with Crippen molar-refractivity contribution in [1.29, 1.82) is 0 Å². The summed E-state index contributed by atoms with van der Waals surface area (Å²) in [5, 5.41) is 13.8. The Kier molecular flexibility index (Phi) is 4.24. The number of ether oxygens (including phenoxy) is 1. The summed E-state index contributed by atoms with van der Waals surface area (Å²) < 4.78 is 4.67. The molecule has 2 heterocycles. The molecule has 6 heteroatoms. The number of methoxy groups -OCH3 is 1. The lowest BCUT2D eigenvalue weighted by molar-refractivity contribution is -0.140. The number of aryl methyl sites for hydroxylation is 1. The van der Waals surface area contributed by atoms with E-state index in [9.17, 15) is 14.7 Å². The molecule has 0 aliphatic carbocycles. The predicted octanol–water partition coefficient (Wildman–Crippen LogP) is 2.15. The molecular formula is C14H15NO4S. The van der Waals surface area contributed by atoms with Gasteiger partial charge in [0.1, 0.15) is 5.75 Å². The van der Waals surface area contributed by atoms with Crippen LogP contribution in [-0.4, -0.2) is 23.2 Å². The normalized spacial score (nSPS) is 12.1. The van der Waals surface area contributed by atoms with Gasteiger partial charge in [0.15, 0.2) is 0 Å². The molecule has 0 aliphatic rings. The number of nitrogens with one attached hydrogen (secondary N) is 1. The van der Waals surface area contributed by atoms with Gasteiger partial charge < -0.3 is 14.8 Å². The maximum absolute atomic E-state index is 12.1. The Morgan fingerprint density at radius 1 is 1.55 bits per heavy atom. The van der Waals surface area contributed by atoms with E-state index >= 15 is 0 Å². The molecule has 0 saturated heterocycles. The molecule has 0 aliphatic heterocycles. The van der Waals surface area contributed by atoms with Crippen LogP contribution < -0.4 is 5.56 Å². The predicted molar refractivity (Wildman–Crippen MR) is 76.3 cm³/mol. The SMILES string of the molecule is COC(=O)CC(c1ccsc1)c1c(O)cc(C)[nH]c1=O. The number of hydrogen-bond acceptors (Lipinski definition) is 5. The van der Waals surface area contributed by atoms with Crippen LogP contribution in [0.4, 0.5) is 0 Å². The number of rotatable bonds is 4. The molecule has 0 fully saturated rings. The third kappa shape index (κ3) is 2.91. The molecule has 0 radical (unpaired) electrons. The quantitative estimate of drug-likeness (QED) is 0.846. The molecule has 2 aromatic heterocycles. The van der Waals surface area contributed by atoms with Gasteiger partial charge in [-0.25, -0.2) is 0 Å². The lowest BCUT2D eigenvalue weighted by Gasteiger charge is -2.16. The fourth-order valence-corrected chi connectivity index (χ4v) is 2.84. The maximum atomic E-state index is 12.1. The Bertz CT molecular complexity index is 660. The summed E-state index contributed by atoms with van der Waals surface area (Å²) in [6.45, 7) is 1.69. The first-order chi connectivity index (χ1) is 9.52. The van der Waals surface area contributed by atoms with Crippen LogP contribution in [0.2, 0.25) is 0 Å². The van der Waals surface area contributed by atoms with Crippen LogP contribution in [0.5, 0.6) is 5.75 Å². The van der Waals surface area contributed by atoms with Crippen molar-refractivity contribution in [1.82, 2.24) is 4.98 Å². The summed E-state index contributed by atoms with van der Waals surface area (Å²) in [4.78, 5) is 26.3. The van der Waals surface area contributed by atoms with Crippen molar-refractivity contribution in [3.05, 3.63) is 50.1 Å². The van der Waals surface area contributed by atoms with E-state index in [4.69, 9.17) is 0 Å². The highest BCUT2D eigenvalue weighted by Crippen LogP contribution is 2.32. The molecule has 106 valence electrons. The van der Waals surface area contributed by atoms with E-state index in [0.29, 0.717) is 5.69 Å². The number of aromatic nitrogens is 1. The second-order valence-corrected chi connectivity index (χ2v) is 5.25. The minimum atomic E-state index is -0.516. The molecule has 0 saturated carbocycles. The van der Waals surface area contributed by atoms with Crippen molar-refractivity contribution in [3.8, 4) is 5.75 Å². The fraction of sp³-hybridized carbons (Fsp3) is 0.286. The Balaban J connectivity index is 2.52. The third-order valence-corrected chi connectivity index (χ3v) is 3.78. The number of thiophene rings is 1. The molecule has 2 aromatic rings. The zero-order valence-corrected chi connectivity index (χ0v) is 12.0. The van der Waals surface area contributed by atoms with E-state index in [1.165, 1.54) is 24.5 Å². The average Bonchev–Trinajstić information content (AvgIpc) is 2.89. The Hall–Kier alpha value is -2.08. The van der Waals surface area contributed by atoms with Crippen LogP contribution in [0.3, 0.4) is 0 Å². The lowest BCUT2D eigenvalue weighted by Crippen LogP contribution is -2.20. The molecule has 1 unspecified atom stereocenters. The van der Waals surface area contributed by atoms with Gasteiger partial charge in [-0.1, -0.05) is 0 Å². The van der Waals surface area contributed by atoms with E-state index < -0.39 is 11.9 Å². The summed E-state index contributed by atoms with van der Waals surface area (Å²) in [6.07, 6.45) is 0.00688. The highest BCUT2D eigenvalue weighted by Gasteiger charge is 2.25. The van der Waals surface area contributed by atoms with Crippen LogP contribution in [0.25, 0.3) is 0 Å². The second-order valence-electron chi connectivity index (χ2n) is 4.47.